The summed E-state index contributed by atoms with van der Waals surface area (Å²) in [6.45, 7) is 1.02. The molecule has 0 aromatic heterocycles. The van der Waals surface area contributed by atoms with E-state index in [0.717, 1.165) is 0 Å². The van der Waals surface area contributed by atoms with Crippen molar-refractivity contribution in [2.24, 2.45) is 0 Å². The fraction of sp³-hybridized carbons (Fsp3) is 0.714. The summed E-state index contributed by atoms with van der Waals surface area (Å²) in [5, 5.41) is 21.8. The lowest BCUT2D eigenvalue weighted by atomic mass is 10.4. The van der Waals surface area contributed by atoms with Gasteiger partial charge in [-0.3, -0.25) is 9.59 Å². The van der Waals surface area contributed by atoms with E-state index >= 15 is 0 Å². The Bertz CT molecular complexity index is 159. The quantitative estimate of drug-likeness (QED) is 0.403. The highest BCUT2D eigenvalue weighted by Gasteiger charge is 1.96. The average molecular weight is 227 g/mol. The van der Waals surface area contributed by atoms with E-state index < -0.39 is 11.9 Å². The second-order valence-electron chi connectivity index (χ2n) is 2.49. The van der Waals surface area contributed by atoms with E-state index in [1.54, 1.807) is 0 Å². The molecule has 0 saturated carbocycles. The largest absolute Gasteiger partial charge is 0.480 e. The normalized spacial score (nSPS) is 9.14. The van der Waals surface area contributed by atoms with Crippen molar-refractivity contribution < 1.29 is 19.8 Å². The maximum atomic E-state index is 10.0. The number of halogens is 1. The Hall–Kier alpha value is -0.850. The highest BCUT2D eigenvalue weighted by Crippen LogP contribution is 1.73. The summed E-state index contributed by atoms with van der Waals surface area (Å²) in [4.78, 5) is 20.0. The molecule has 0 radical (unpaired) electrons. The third-order valence-electron chi connectivity index (χ3n) is 1.26. The van der Waals surface area contributed by atoms with Crippen molar-refractivity contribution in [3.8, 4) is 0 Å². The van der Waals surface area contributed by atoms with Crippen LogP contribution in [0.4, 0.5) is 0 Å². The van der Waals surface area contributed by atoms with Gasteiger partial charge in [-0.25, -0.2) is 0 Å². The number of carboxylic acid groups (broad SMARTS) is 2. The summed E-state index contributed by atoms with van der Waals surface area (Å²) in [6.07, 6.45) is 0.709. The van der Waals surface area contributed by atoms with Crippen LogP contribution in [-0.4, -0.2) is 48.3 Å². The second kappa shape index (κ2) is 10.2. The lowest BCUT2D eigenvalue weighted by Gasteiger charge is -2.02. The van der Waals surface area contributed by atoms with Crippen molar-refractivity contribution in [1.29, 1.82) is 0 Å². The molecule has 0 aromatic carbocycles. The zero-order chi connectivity index (χ0) is 10.1. The van der Waals surface area contributed by atoms with Gasteiger partial charge >= 0.3 is 11.9 Å². The second-order valence-corrected chi connectivity index (χ2v) is 2.49. The van der Waals surface area contributed by atoms with Crippen LogP contribution in [0.2, 0.25) is 0 Å². The molecular formula is C7H15ClN2O4. The molecule has 0 fully saturated rings. The van der Waals surface area contributed by atoms with E-state index in [1.165, 1.54) is 0 Å². The zero-order valence-corrected chi connectivity index (χ0v) is 8.47. The predicted molar refractivity (Wildman–Crippen MR) is 52.9 cm³/mol. The average Bonchev–Trinajstić information content (AvgIpc) is 2.01. The Labute approximate surface area is 88.1 Å². The standard InChI is InChI=1S/C7H14N2O4.ClH/c10-6(11)4-8-2-1-3-9-5-7(12)13;/h8-9H,1-5H2,(H,10,11)(H,12,13);1H. The first-order valence-electron chi connectivity index (χ1n) is 3.98. The van der Waals surface area contributed by atoms with Gasteiger partial charge in [-0.15, -0.1) is 12.4 Å². The summed E-state index contributed by atoms with van der Waals surface area (Å²) in [5.74, 6) is -1.78. The van der Waals surface area contributed by atoms with E-state index in [9.17, 15) is 9.59 Å². The van der Waals surface area contributed by atoms with Crippen LogP contribution in [0, 0.1) is 0 Å². The fourth-order valence-corrected chi connectivity index (χ4v) is 0.729. The van der Waals surface area contributed by atoms with Crippen LogP contribution < -0.4 is 10.6 Å². The molecule has 0 aliphatic rings. The molecule has 14 heavy (non-hydrogen) atoms. The van der Waals surface area contributed by atoms with Crippen molar-refractivity contribution in [2.75, 3.05) is 26.2 Å². The first kappa shape index (κ1) is 15.6. The molecule has 0 aliphatic heterocycles. The molecule has 6 nitrogen and oxygen atoms in total. The lowest BCUT2D eigenvalue weighted by molar-refractivity contribution is -0.136. The molecule has 0 amide bonds. The van der Waals surface area contributed by atoms with E-state index in [2.05, 4.69) is 10.6 Å². The number of rotatable bonds is 8. The monoisotopic (exact) mass is 226 g/mol. The van der Waals surface area contributed by atoms with Gasteiger partial charge in [0.1, 0.15) is 0 Å². The van der Waals surface area contributed by atoms with Crippen LogP contribution >= 0.6 is 12.4 Å². The maximum absolute atomic E-state index is 10.0. The van der Waals surface area contributed by atoms with E-state index in [1.807, 2.05) is 0 Å². The van der Waals surface area contributed by atoms with Gasteiger partial charge in [0.2, 0.25) is 0 Å². The molecule has 0 heterocycles. The predicted octanol–water partition coefficient (Wildman–Crippen LogP) is -0.853. The molecule has 7 heteroatoms. The SMILES string of the molecule is Cl.O=C(O)CNCCCNCC(=O)O. The van der Waals surface area contributed by atoms with Crippen molar-refractivity contribution in [3.05, 3.63) is 0 Å². The van der Waals surface area contributed by atoms with Crippen molar-refractivity contribution in [1.82, 2.24) is 10.6 Å². The molecule has 0 aliphatic carbocycles. The maximum Gasteiger partial charge on any atom is 0.317 e. The van der Waals surface area contributed by atoms with Gasteiger partial charge < -0.3 is 20.8 Å². The van der Waals surface area contributed by atoms with Gasteiger partial charge in [-0.1, -0.05) is 0 Å². The van der Waals surface area contributed by atoms with Gasteiger partial charge in [-0.2, -0.15) is 0 Å². The van der Waals surface area contributed by atoms with E-state index in [4.69, 9.17) is 10.2 Å². The van der Waals surface area contributed by atoms with Gasteiger partial charge in [-0.05, 0) is 19.5 Å². The summed E-state index contributed by atoms with van der Waals surface area (Å²) in [7, 11) is 0. The smallest absolute Gasteiger partial charge is 0.317 e. The van der Waals surface area contributed by atoms with Crippen LogP contribution in [0.15, 0.2) is 0 Å². The topological polar surface area (TPSA) is 98.7 Å². The molecule has 0 aromatic rings. The zero-order valence-electron chi connectivity index (χ0n) is 7.65. The number of nitrogens with one attached hydrogen (secondary N) is 2. The number of aliphatic carboxylic acids is 2. The summed E-state index contributed by atoms with van der Waals surface area (Å²) in [6, 6.07) is 0. The van der Waals surface area contributed by atoms with Crippen molar-refractivity contribution >= 4 is 24.3 Å². The molecular weight excluding hydrogens is 212 g/mol. The Morgan fingerprint density at radius 1 is 0.929 bits per heavy atom. The molecule has 0 atom stereocenters. The van der Waals surface area contributed by atoms with Crippen molar-refractivity contribution in [2.45, 2.75) is 6.42 Å². The van der Waals surface area contributed by atoms with Crippen LogP contribution in [0.3, 0.4) is 0 Å². The number of carboxylic acids is 2. The first-order chi connectivity index (χ1) is 6.13. The molecule has 0 saturated heterocycles. The minimum Gasteiger partial charge on any atom is -0.480 e. The van der Waals surface area contributed by atoms with Gasteiger partial charge in [0.05, 0.1) is 13.1 Å². The molecule has 4 N–H and O–H groups in total. The number of hydrogen-bond acceptors (Lipinski definition) is 4. The number of hydrogen-bond donors (Lipinski definition) is 4. The third kappa shape index (κ3) is 13.7. The lowest BCUT2D eigenvalue weighted by Crippen LogP contribution is -2.28. The Balaban J connectivity index is 0. The molecule has 0 spiro atoms. The highest BCUT2D eigenvalue weighted by atomic mass is 35.5. The van der Waals surface area contributed by atoms with Crippen LogP contribution in [0.1, 0.15) is 6.42 Å². The van der Waals surface area contributed by atoms with Gasteiger partial charge in [0.15, 0.2) is 0 Å². The Kier molecular flexibility index (Phi) is 11.4. The third-order valence-corrected chi connectivity index (χ3v) is 1.26. The summed E-state index contributed by atoms with van der Waals surface area (Å²) < 4.78 is 0. The van der Waals surface area contributed by atoms with E-state index in [-0.39, 0.29) is 25.5 Å². The van der Waals surface area contributed by atoms with Gasteiger partial charge in [0, 0.05) is 0 Å². The molecule has 84 valence electrons. The minimum atomic E-state index is -0.890. The van der Waals surface area contributed by atoms with Crippen LogP contribution in [0.5, 0.6) is 0 Å². The minimum absolute atomic E-state index is 0. The Morgan fingerprint density at radius 2 is 1.29 bits per heavy atom. The first-order valence-corrected chi connectivity index (χ1v) is 3.98. The van der Waals surface area contributed by atoms with Crippen LogP contribution in [0.25, 0.3) is 0 Å². The Morgan fingerprint density at radius 3 is 1.57 bits per heavy atom. The van der Waals surface area contributed by atoms with Crippen LogP contribution in [-0.2, 0) is 9.59 Å². The number of carbonyl (C=O) groups is 2. The van der Waals surface area contributed by atoms with Crippen molar-refractivity contribution in [3.63, 3.8) is 0 Å². The summed E-state index contributed by atoms with van der Waals surface area (Å²) in [5.41, 5.74) is 0. The fourth-order valence-electron chi connectivity index (χ4n) is 0.729. The molecule has 0 bridgehead atoms. The molecule has 0 rings (SSSR count). The molecule has 0 unspecified atom stereocenters. The van der Waals surface area contributed by atoms with E-state index in [0.29, 0.717) is 19.5 Å². The highest BCUT2D eigenvalue weighted by molar-refractivity contribution is 5.85. The van der Waals surface area contributed by atoms with Gasteiger partial charge in [0.25, 0.3) is 0 Å². The summed E-state index contributed by atoms with van der Waals surface area (Å²) >= 11 is 0.